The van der Waals surface area contributed by atoms with E-state index in [1.807, 2.05) is 18.7 Å². The van der Waals surface area contributed by atoms with Gasteiger partial charge in [-0.1, -0.05) is 12.1 Å². The molecule has 4 atom stereocenters. The number of aliphatic carboxylic acids is 2. The Hall–Kier alpha value is -3.70. The number of hydrogen-bond donors (Lipinski definition) is 4. The summed E-state index contributed by atoms with van der Waals surface area (Å²) in [5, 5.41) is 32.5. The van der Waals surface area contributed by atoms with Crippen LogP contribution in [0.5, 0.6) is 0 Å². The fraction of sp³-hybridized carbons (Fsp3) is 0.594. The molecule has 0 bridgehead atoms. The molecule has 2 fully saturated rings. The molecule has 16 heteroatoms. The molecular weight excluding hydrogens is 639 g/mol. The minimum atomic E-state index is -4.35. The summed E-state index contributed by atoms with van der Waals surface area (Å²) in [6, 6.07) is 5.52. The summed E-state index contributed by atoms with van der Waals surface area (Å²) in [5.74, 6) is -3.54. The van der Waals surface area contributed by atoms with Gasteiger partial charge in [-0.25, -0.2) is 19.6 Å². The number of carboxylic acid groups (broad SMARTS) is 2. The average molecular weight is 684 g/mol. The normalized spacial score (nSPS) is 20.6. The lowest BCUT2D eigenvalue weighted by atomic mass is 9.86. The molecule has 0 aliphatic carbocycles. The second-order valence-electron chi connectivity index (χ2n) is 12.4. The van der Waals surface area contributed by atoms with Crippen LogP contribution in [-0.4, -0.2) is 133 Å². The first kappa shape index (κ1) is 38.7. The SMILES string of the molecule is COC[C@@H](c1ccc(C(F)(F)F)cc1)N1CCN(C2(C)CCN(C(=O)c3c(C)ncnc3C)CC2)C[C@@H]1C.O=C(O)C(O)C(O)C(=O)O. The molecule has 0 radical (unpaired) electrons. The number of nitrogens with zero attached hydrogens (tertiary/aromatic N) is 5. The maximum atomic E-state index is 13.2. The molecule has 1 aromatic carbocycles. The molecule has 2 saturated heterocycles. The first-order chi connectivity index (χ1) is 22.4. The van der Waals surface area contributed by atoms with Crippen LogP contribution in [0.15, 0.2) is 30.6 Å². The van der Waals surface area contributed by atoms with Crippen LogP contribution >= 0.6 is 0 Å². The highest BCUT2D eigenvalue weighted by Gasteiger charge is 2.41. The zero-order chi connectivity index (χ0) is 36.0. The van der Waals surface area contributed by atoms with Crippen molar-refractivity contribution in [3.63, 3.8) is 0 Å². The van der Waals surface area contributed by atoms with Gasteiger partial charge < -0.3 is 30.1 Å². The monoisotopic (exact) mass is 683 g/mol. The molecule has 266 valence electrons. The van der Waals surface area contributed by atoms with Crippen molar-refractivity contribution >= 4 is 17.8 Å². The van der Waals surface area contributed by atoms with Gasteiger partial charge in [0.1, 0.15) is 6.33 Å². The highest BCUT2D eigenvalue weighted by Crippen LogP contribution is 2.35. The number of aryl methyl sites for hydroxylation is 2. The summed E-state index contributed by atoms with van der Waals surface area (Å²) < 4.78 is 44.7. The summed E-state index contributed by atoms with van der Waals surface area (Å²) in [6.07, 6.45) is -5.65. The molecule has 2 aliphatic heterocycles. The van der Waals surface area contributed by atoms with Gasteiger partial charge in [0.2, 0.25) is 0 Å². The van der Waals surface area contributed by atoms with E-state index in [9.17, 15) is 27.6 Å². The number of carboxylic acids is 2. The number of halogens is 3. The predicted octanol–water partition coefficient (Wildman–Crippen LogP) is 2.38. The van der Waals surface area contributed by atoms with E-state index < -0.39 is 35.9 Å². The van der Waals surface area contributed by atoms with Crippen LogP contribution in [0.4, 0.5) is 13.2 Å². The number of amides is 1. The van der Waals surface area contributed by atoms with Gasteiger partial charge in [-0.15, -0.1) is 0 Å². The highest BCUT2D eigenvalue weighted by atomic mass is 19.4. The highest BCUT2D eigenvalue weighted by molar-refractivity contribution is 5.96. The van der Waals surface area contributed by atoms with Crippen molar-refractivity contribution < 1.29 is 52.7 Å². The van der Waals surface area contributed by atoms with Crippen LogP contribution in [0.1, 0.15) is 65.6 Å². The third-order valence-electron chi connectivity index (χ3n) is 9.16. The van der Waals surface area contributed by atoms with E-state index >= 15 is 0 Å². The lowest BCUT2D eigenvalue weighted by Crippen LogP contribution is -2.62. The molecule has 2 unspecified atom stereocenters. The zero-order valence-electron chi connectivity index (χ0n) is 27.6. The Labute approximate surface area is 277 Å². The molecule has 4 N–H and O–H groups in total. The van der Waals surface area contributed by atoms with Crippen molar-refractivity contribution in [2.75, 3.05) is 46.4 Å². The number of aliphatic hydroxyl groups excluding tert-OH is 2. The summed E-state index contributed by atoms with van der Waals surface area (Å²) >= 11 is 0. The Balaban J connectivity index is 0.000000542. The second kappa shape index (κ2) is 16.1. The minimum Gasteiger partial charge on any atom is -0.479 e. The number of carbonyl (C=O) groups is 3. The van der Waals surface area contributed by atoms with E-state index in [1.165, 1.54) is 6.33 Å². The van der Waals surface area contributed by atoms with E-state index in [1.54, 1.807) is 19.2 Å². The number of alkyl halides is 3. The van der Waals surface area contributed by atoms with Gasteiger partial charge in [-0.3, -0.25) is 14.6 Å². The molecule has 4 rings (SSSR count). The number of hydrogen-bond acceptors (Lipinski definition) is 10. The molecule has 1 aromatic heterocycles. The number of likely N-dealkylation sites (tertiary alicyclic amines) is 1. The summed E-state index contributed by atoms with van der Waals surface area (Å²) in [4.78, 5) is 48.0. The largest absolute Gasteiger partial charge is 0.479 e. The van der Waals surface area contributed by atoms with E-state index in [0.29, 0.717) is 36.6 Å². The zero-order valence-corrected chi connectivity index (χ0v) is 27.6. The fourth-order valence-corrected chi connectivity index (χ4v) is 6.20. The molecule has 48 heavy (non-hydrogen) atoms. The first-order valence-corrected chi connectivity index (χ1v) is 15.5. The number of carbonyl (C=O) groups excluding carboxylic acids is 1. The van der Waals surface area contributed by atoms with Crippen LogP contribution in [0.2, 0.25) is 0 Å². The number of rotatable bonds is 9. The van der Waals surface area contributed by atoms with E-state index in [-0.39, 0.29) is 23.5 Å². The number of methoxy groups -OCH3 is 1. The lowest BCUT2D eigenvalue weighted by molar-refractivity contribution is -0.165. The van der Waals surface area contributed by atoms with Crippen LogP contribution in [0.3, 0.4) is 0 Å². The van der Waals surface area contributed by atoms with E-state index in [4.69, 9.17) is 25.2 Å². The molecule has 1 amide bonds. The van der Waals surface area contributed by atoms with Crippen molar-refractivity contribution in [2.24, 2.45) is 0 Å². The Kier molecular flexibility index (Phi) is 13.0. The maximum absolute atomic E-state index is 13.2. The molecule has 0 spiro atoms. The number of piperazine rings is 1. The predicted molar refractivity (Wildman–Crippen MR) is 166 cm³/mol. The van der Waals surface area contributed by atoms with Gasteiger partial charge in [0, 0.05) is 51.4 Å². The quantitative estimate of drug-likeness (QED) is 0.304. The minimum absolute atomic E-state index is 0.000198. The van der Waals surface area contributed by atoms with Gasteiger partial charge >= 0.3 is 18.1 Å². The first-order valence-electron chi connectivity index (χ1n) is 15.5. The van der Waals surface area contributed by atoms with Gasteiger partial charge in [0.05, 0.1) is 35.2 Å². The fourth-order valence-electron chi connectivity index (χ4n) is 6.20. The van der Waals surface area contributed by atoms with Crippen LogP contribution in [0.25, 0.3) is 0 Å². The number of benzene rings is 1. The van der Waals surface area contributed by atoms with Crippen molar-refractivity contribution in [1.82, 2.24) is 24.7 Å². The van der Waals surface area contributed by atoms with Gasteiger partial charge in [0.25, 0.3) is 5.91 Å². The van der Waals surface area contributed by atoms with E-state index in [2.05, 4.69) is 33.6 Å². The third kappa shape index (κ3) is 9.25. The molecule has 0 saturated carbocycles. The van der Waals surface area contributed by atoms with Crippen molar-refractivity contribution in [3.8, 4) is 0 Å². The van der Waals surface area contributed by atoms with Gasteiger partial charge in [0.15, 0.2) is 12.2 Å². The number of aromatic nitrogens is 2. The van der Waals surface area contributed by atoms with Crippen molar-refractivity contribution in [2.45, 2.75) is 76.5 Å². The summed E-state index contributed by atoms with van der Waals surface area (Å²) in [6.45, 7) is 12.4. The Morgan fingerprint density at radius 3 is 1.92 bits per heavy atom. The number of piperidine rings is 1. The van der Waals surface area contributed by atoms with Crippen LogP contribution in [0, 0.1) is 13.8 Å². The standard InChI is InChI=1S/C28H38F3N5O2.C4H6O6/c1-19-16-35(14-15-36(19)24(17-38-5)22-6-8-23(9-7-22)28(29,30)31)27(4)10-12-34(13-11-27)26(37)25-20(2)32-18-33-21(25)3;5-1(3(7)8)2(6)4(9)10/h6-9,18-19,24H,10-17H2,1-5H3;1-2,5-6H,(H,7,8)(H,9,10)/t19-,24-;/m0./s1. The van der Waals surface area contributed by atoms with Crippen molar-refractivity contribution in [3.05, 3.63) is 58.7 Å². The van der Waals surface area contributed by atoms with Gasteiger partial charge in [-0.2, -0.15) is 13.2 Å². The smallest absolute Gasteiger partial charge is 0.416 e. The summed E-state index contributed by atoms with van der Waals surface area (Å²) in [5.41, 5.74) is 2.18. The molecule has 13 nitrogen and oxygen atoms in total. The molecule has 2 aliphatic rings. The molecule has 3 heterocycles. The maximum Gasteiger partial charge on any atom is 0.416 e. The van der Waals surface area contributed by atoms with Crippen LogP contribution in [-0.2, 0) is 20.5 Å². The summed E-state index contributed by atoms with van der Waals surface area (Å²) in [7, 11) is 1.62. The van der Waals surface area contributed by atoms with Gasteiger partial charge in [-0.05, 0) is 58.2 Å². The average Bonchev–Trinajstić information content (AvgIpc) is 3.03. The van der Waals surface area contributed by atoms with Crippen LogP contribution < -0.4 is 0 Å². The number of ether oxygens (including phenoxy) is 1. The Morgan fingerprint density at radius 1 is 0.958 bits per heavy atom. The second-order valence-corrected chi connectivity index (χ2v) is 12.4. The third-order valence-corrected chi connectivity index (χ3v) is 9.16. The topological polar surface area (TPSA) is 177 Å². The van der Waals surface area contributed by atoms with E-state index in [0.717, 1.165) is 50.2 Å². The Bertz CT molecular complexity index is 1380. The number of aliphatic hydroxyl groups is 2. The molecule has 2 aromatic rings. The molecular formula is C32H44F3N5O8. The van der Waals surface area contributed by atoms with Crippen molar-refractivity contribution in [1.29, 1.82) is 0 Å². The Morgan fingerprint density at radius 2 is 1.48 bits per heavy atom. The lowest BCUT2D eigenvalue weighted by Gasteiger charge is -2.52.